The molecule has 0 aliphatic carbocycles. The Labute approximate surface area is 84.9 Å². The largest absolute Gasteiger partial charge is 0.363 e. The Hall–Kier alpha value is -0.620. The molecule has 1 aromatic heterocycles. The summed E-state index contributed by atoms with van der Waals surface area (Å²) < 4.78 is 0.808. The molecule has 0 radical (unpaired) electrons. The molecule has 0 aliphatic heterocycles. The van der Waals surface area contributed by atoms with E-state index in [1.165, 1.54) is 11.3 Å². The van der Waals surface area contributed by atoms with Gasteiger partial charge >= 0.3 is 0 Å². The fourth-order valence-electron chi connectivity index (χ4n) is 0.612. The second-order valence-electron chi connectivity index (χ2n) is 2.57. The number of nitrogens with two attached hydrogens (primary N) is 1. The maximum absolute atomic E-state index is 10.7. The summed E-state index contributed by atoms with van der Waals surface area (Å²) >= 11 is 2.87. The number of thioether (sulfide) groups is 1. The average Bonchev–Trinajstić information content (AvgIpc) is 2.52. The van der Waals surface area contributed by atoms with Crippen LogP contribution in [0, 0.1) is 0 Å². The van der Waals surface area contributed by atoms with Crippen molar-refractivity contribution in [3.63, 3.8) is 0 Å². The predicted octanol–water partition coefficient (Wildman–Crippen LogP) is 1.53. The number of amides is 1. The van der Waals surface area contributed by atoms with E-state index in [2.05, 4.69) is 24.0 Å². The average molecular weight is 217 g/mol. The molecule has 13 heavy (non-hydrogen) atoms. The Morgan fingerprint density at radius 3 is 2.85 bits per heavy atom. The molecule has 0 bridgehead atoms. The molecule has 1 atom stereocenters. The summed E-state index contributed by atoms with van der Waals surface area (Å²) in [5.41, 5.74) is 5.05. The van der Waals surface area contributed by atoms with Crippen LogP contribution in [0.5, 0.6) is 0 Å². The van der Waals surface area contributed by atoms with E-state index < -0.39 is 5.91 Å². The Bertz CT molecular complexity index is 300. The third kappa shape index (κ3) is 2.96. The highest BCUT2D eigenvalue weighted by molar-refractivity contribution is 8.01. The van der Waals surface area contributed by atoms with Crippen molar-refractivity contribution in [2.24, 2.45) is 5.73 Å². The molecule has 1 heterocycles. The quantitative estimate of drug-likeness (QED) is 0.776. The number of hydrogen-bond acceptors (Lipinski definition) is 5. The van der Waals surface area contributed by atoms with Crippen LogP contribution in [0.3, 0.4) is 0 Å². The van der Waals surface area contributed by atoms with Gasteiger partial charge in [-0.2, -0.15) is 0 Å². The molecule has 1 amide bonds. The minimum Gasteiger partial charge on any atom is -0.363 e. The number of carbonyl (C=O) groups is 1. The van der Waals surface area contributed by atoms with Crippen LogP contribution in [-0.4, -0.2) is 21.4 Å². The minimum absolute atomic E-state index is 0.283. The van der Waals surface area contributed by atoms with Crippen LogP contribution in [0.15, 0.2) is 4.34 Å². The predicted molar refractivity (Wildman–Crippen MR) is 54.0 cm³/mol. The summed E-state index contributed by atoms with van der Waals surface area (Å²) in [5.74, 6) is -0.506. The normalized spacial score (nSPS) is 12.8. The standard InChI is InChI=1S/C7H11N3OS2/c1-3-4(2)12-7-10-9-6(13-7)5(8)11/h4H,3H2,1-2H3,(H2,8,11). The van der Waals surface area contributed by atoms with Crippen LogP contribution < -0.4 is 5.73 Å². The highest BCUT2D eigenvalue weighted by atomic mass is 32.2. The summed E-state index contributed by atoms with van der Waals surface area (Å²) in [7, 11) is 0. The lowest BCUT2D eigenvalue weighted by molar-refractivity contribution is 0.0999. The van der Waals surface area contributed by atoms with Gasteiger partial charge in [-0.3, -0.25) is 4.79 Å². The highest BCUT2D eigenvalue weighted by Crippen LogP contribution is 2.27. The van der Waals surface area contributed by atoms with Crippen LogP contribution >= 0.6 is 23.1 Å². The number of hydrogen-bond donors (Lipinski definition) is 1. The first kappa shape index (κ1) is 10.5. The molecule has 0 fully saturated rings. The van der Waals surface area contributed by atoms with Crippen LogP contribution in [0.1, 0.15) is 30.1 Å². The van der Waals surface area contributed by atoms with Crippen molar-refractivity contribution in [1.29, 1.82) is 0 Å². The molecule has 0 aromatic carbocycles. The summed E-state index contributed by atoms with van der Waals surface area (Å²) in [6.45, 7) is 4.21. The zero-order valence-electron chi connectivity index (χ0n) is 7.48. The van der Waals surface area contributed by atoms with Crippen molar-refractivity contribution >= 4 is 29.0 Å². The van der Waals surface area contributed by atoms with Gasteiger partial charge in [-0.1, -0.05) is 36.9 Å². The van der Waals surface area contributed by atoms with Crippen molar-refractivity contribution in [2.75, 3.05) is 0 Å². The Balaban J connectivity index is 2.64. The molecule has 72 valence electrons. The van der Waals surface area contributed by atoms with E-state index >= 15 is 0 Å². The van der Waals surface area contributed by atoms with Crippen molar-refractivity contribution in [1.82, 2.24) is 10.2 Å². The van der Waals surface area contributed by atoms with Crippen LogP contribution in [0.25, 0.3) is 0 Å². The SMILES string of the molecule is CCC(C)Sc1nnc(C(N)=O)s1. The number of nitrogens with zero attached hydrogens (tertiary/aromatic N) is 2. The van der Waals surface area contributed by atoms with Gasteiger partial charge in [0.25, 0.3) is 5.91 Å². The van der Waals surface area contributed by atoms with Crippen molar-refractivity contribution in [3.8, 4) is 0 Å². The first-order chi connectivity index (χ1) is 6.13. The topological polar surface area (TPSA) is 68.9 Å². The molecular formula is C7H11N3OS2. The van der Waals surface area contributed by atoms with Crippen LogP contribution in [0.2, 0.25) is 0 Å². The molecular weight excluding hydrogens is 206 g/mol. The lowest BCUT2D eigenvalue weighted by Gasteiger charge is -2.02. The monoisotopic (exact) mass is 217 g/mol. The van der Waals surface area contributed by atoms with Gasteiger partial charge in [-0.25, -0.2) is 0 Å². The van der Waals surface area contributed by atoms with Gasteiger partial charge in [0.1, 0.15) is 0 Å². The van der Waals surface area contributed by atoms with E-state index in [1.54, 1.807) is 11.8 Å². The summed E-state index contributed by atoms with van der Waals surface area (Å²) in [6, 6.07) is 0. The molecule has 6 heteroatoms. The maximum atomic E-state index is 10.7. The van der Waals surface area contributed by atoms with Gasteiger partial charge in [0, 0.05) is 5.25 Å². The van der Waals surface area contributed by atoms with Crippen molar-refractivity contribution in [3.05, 3.63) is 5.01 Å². The third-order valence-corrected chi connectivity index (χ3v) is 3.78. The molecule has 0 saturated heterocycles. The van der Waals surface area contributed by atoms with E-state index in [0.717, 1.165) is 10.8 Å². The molecule has 1 unspecified atom stereocenters. The minimum atomic E-state index is -0.506. The van der Waals surface area contributed by atoms with Crippen LogP contribution in [0.4, 0.5) is 0 Å². The molecule has 4 nitrogen and oxygen atoms in total. The molecule has 0 saturated carbocycles. The Morgan fingerprint density at radius 2 is 2.38 bits per heavy atom. The second-order valence-corrected chi connectivity index (χ2v) is 5.24. The van der Waals surface area contributed by atoms with E-state index in [0.29, 0.717) is 5.25 Å². The molecule has 1 rings (SSSR count). The lowest BCUT2D eigenvalue weighted by Crippen LogP contribution is -2.10. The number of rotatable bonds is 4. The third-order valence-electron chi connectivity index (χ3n) is 1.49. The van der Waals surface area contributed by atoms with Gasteiger partial charge in [0.15, 0.2) is 4.34 Å². The van der Waals surface area contributed by atoms with Gasteiger partial charge in [-0.15, -0.1) is 10.2 Å². The van der Waals surface area contributed by atoms with Gasteiger partial charge in [-0.05, 0) is 6.42 Å². The van der Waals surface area contributed by atoms with Crippen molar-refractivity contribution < 1.29 is 4.79 Å². The first-order valence-electron chi connectivity index (χ1n) is 3.93. The number of aromatic nitrogens is 2. The molecule has 0 aliphatic rings. The second kappa shape index (κ2) is 4.57. The number of primary amides is 1. The molecule has 2 N–H and O–H groups in total. The zero-order valence-corrected chi connectivity index (χ0v) is 9.11. The maximum Gasteiger partial charge on any atom is 0.279 e. The molecule has 0 spiro atoms. The summed E-state index contributed by atoms with van der Waals surface area (Å²) in [6.07, 6.45) is 1.07. The zero-order chi connectivity index (χ0) is 9.84. The van der Waals surface area contributed by atoms with E-state index in [9.17, 15) is 4.79 Å². The van der Waals surface area contributed by atoms with Crippen molar-refractivity contribution in [2.45, 2.75) is 29.9 Å². The smallest absolute Gasteiger partial charge is 0.279 e. The van der Waals surface area contributed by atoms with E-state index in [-0.39, 0.29) is 5.01 Å². The fraction of sp³-hybridized carbons (Fsp3) is 0.571. The van der Waals surface area contributed by atoms with Gasteiger partial charge in [0.2, 0.25) is 5.01 Å². The van der Waals surface area contributed by atoms with Gasteiger partial charge in [0.05, 0.1) is 0 Å². The highest BCUT2D eigenvalue weighted by Gasteiger charge is 2.11. The van der Waals surface area contributed by atoms with E-state index in [4.69, 9.17) is 5.73 Å². The lowest BCUT2D eigenvalue weighted by atomic mass is 10.4. The summed E-state index contributed by atoms with van der Waals surface area (Å²) in [5, 5.41) is 8.31. The van der Waals surface area contributed by atoms with Crippen LogP contribution in [-0.2, 0) is 0 Å². The number of carbonyl (C=O) groups excluding carboxylic acids is 1. The fourth-order valence-corrected chi connectivity index (χ4v) is 2.56. The summed E-state index contributed by atoms with van der Waals surface area (Å²) in [4.78, 5) is 10.7. The first-order valence-corrected chi connectivity index (χ1v) is 5.63. The Morgan fingerprint density at radius 1 is 1.69 bits per heavy atom. The molecule has 1 aromatic rings. The van der Waals surface area contributed by atoms with E-state index in [1.807, 2.05) is 0 Å². The Kier molecular flexibility index (Phi) is 3.68. The van der Waals surface area contributed by atoms with Gasteiger partial charge < -0.3 is 5.73 Å².